The fourth-order valence-electron chi connectivity index (χ4n) is 2.49. The molecule has 0 bridgehead atoms. The molecule has 1 amide bonds. The highest BCUT2D eigenvalue weighted by Gasteiger charge is 2.35. The minimum Gasteiger partial charge on any atom is -0.467 e. The second kappa shape index (κ2) is 7.46. The van der Waals surface area contributed by atoms with Gasteiger partial charge in [0.25, 0.3) is 0 Å². The zero-order chi connectivity index (χ0) is 16.0. The van der Waals surface area contributed by atoms with Crippen LogP contribution in [0.3, 0.4) is 0 Å². The summed E-state index contributed by atoms with van der Waals surface area (Å²) in [5.41, 5.74) is -0.382. The summed E-state index contributed by atoms with van der Waals surface area (Å²) in [5, 5.41) is 2.85. The lowest BCUT2D eigenvalue weighted by Crippen LogP contribution is -2.52. The van der Waals surface area contributed by atoms with Gasteiger partial charge in [0.1, 0.15) is 6.04 Å². The topological polar surface area (TPSA) is 58.6 Å². The molecule has 0 spiro atoms. The van der Waals surface area contributed by atoms with Crippen molar-refractivity contribution in [1.29, 1.82) is 0 Å². The first-order valence-corrected chi connectivity index (χ1v) is 7.33. The number of hydrogen-bond donors (Lipinski definition) is 1. The smallest absolute Gasteiger partial charge is 0.328 e. The third-order valence-electron chi connectivity index (χ3n) is 3.86. The van der Waals surface area contributed by atoms with Crippen LogP contribution in [-0.4, -0.2) is 49.6 Å². The van der Waals surface area contributed by atoms with Gasteiger partial charge in [0.05, 0.1) is 13.7 Å². The lowest BCUT2D eigenvalue weighted by Gasteiger charge is -2.33. The molecule has 1 heterocycles. The van der Waals surface area contributed by atoms with Crippen molar-refractivity contribution in [2.45, 2.75) is 39.7 Å². The summed E-state index contributed by atoms with van der Waals surface area (Å²) >= 11 is 0. The third kappa shape index (κ3) is 5.05. The van der Waals surface area contributed by atoms with Gasteiger partial charge in [-0.05, 0) is 31.3 Å². The number of methoxy groups -OCH3 is 1. The van der Waals surface area contributed by atoms with Crippen molar-refractivity contribution in [1.82, 2.24) is 10.2 Å². The zero-order valence-electron chi connectivity index (χ0n) is 13.4. The second-order valence-electron chi connectivity index (χ2n) is 6.59. The van der Waals surface area contributed by atoms with E-state index in [0.29, 0.717) is 6.54 Å². The van der Waals surface area contributed by atoms with Crippen LogP contribution >= 0.6 is 0 Å². The van der Waals surface area contributed by atoms with E-state index in [1.54, 1.807) is 0 Å². The average molecular weight is 294 g/mol. The molecule has 1 aliphatic heterocycles. The molecule has 1 N–H and O–H groups in total. The molecule has 0 aliphatic carbocycles. The summed E-state index contributed by atoms with van der Waals surface area (Å²) in [6.07, 6.45) is 6.83. The molecule has 1 aliphatic rings. The molecule has 0 saturated carbocycles. The molecule has 118 valence electrons. The van der Waals surface area contributed by atoms with Crippen LogP contribution < -0.4 is 5.32 Å². The average Bonchev–Trinajstić information content (AvgIpc) is 2.43. The number of esters is 1. The molecule has 0 unspecified atom stereocenters. The van der Waals surface area contributed by atoms with Gasteiger partial charge in [-0.15, -0.1) is 6.42 Å². The van der Waals surface area contributed by atoms with Gasteiger partial charge in [0, 0.05) is 5.92 Å². The van der Waals surface area contributed by atoms with E-state index in [-0.39, 0.29) is 17.2 Å². The Balaban J connectivity index is 2.60. The number of nitrogens with zero attached hydrogens (tertiary/aromatic N) is 1. The van der Waals surface area contributed by atoms with Crippen LogP contribution in [0.1, 0.15) is 33.6 Å². The van der Waals surface area contributed by atoms with E-state index in [2.05, 4.69) is 16.1 Å². The van der Waals surface area contributed by atoms with E-state index in [1.165, 1.54) is 7.11 Å². The Hall–Kier alpha value is -1.54. The van der Waals surface area contributed by atoms with Crippen molar-refractivity contribution < 1.29 is 14.3 Å². The predicted molar refractivity (Wildman–Crippen MR) is 81.4 cm³/mol. The maximum atomic E-state index is 12.4. The summed E-state index contributed by atoms with van der Waals surface area (Å²) < 4.78 is 4.79. The quantitative estimate of drug-likeness (QED) is 0.621. The maximum absolute atomic E-state index is 12.4. The Labute approximate surface area is 127 Å². The molecule has 5 heteroatoms. The molecule has 1 rings (SSSR count). The summed E-state index contributed by atoms with van der Waals surface area (Å²) in [6.45, 7) is 7.99. The van der Waals surface area contributed by atoms with Gasteiger partial charge in [-0.2, -0.15) is 0 Å². The van der Waals surface area contributed by atoms with Crippen molar-refractivity contribution >= 4 is 11.9 Å². The predicted octanol–water partition coefficient (Wildman–Crippen LogP) is 1.04. The van der Waals surface area contributed by atoms with Crippen molar-refractivity contribution in [3.05, 3.63) is 0 Å². The number of terminal acetylenes is 1. The zero-order valence-corrected chi connectivity index (χ0v) is 13.4. The Morgan fingerprint density at radius 3 is 2.38 bits per heavy atom. The first-order valence-electron chi connectivity index (χ1n) is 7.33. The fourth-order valence-corrected chi connectivity index (χ4v) is 2.49. The molecule has 0 aromatic carbocycles. The number of carbonyl (C=O) groups excluding carboxylic acids is 2. The molecule has 21 heavy (non-hydrogen) atoms. The van der Waals surface area contributed by atoms with E-state index in [1.807, 2.05) is 20.8 Å². The normalized spacial score (nSPS) is 18.6. The third-order valence-corrected chi connectivity index (χ3v) is 3.86. The van der Waals surface area contributed by atoms with E-state index >= 15 is 0 Å². The molecule has 1 fully saturated rings. The molecule has 0 radical (unpaired) electrons. The Kier molecular flexibility index (Phi) is 6.22. The highest BCUT2D eigenvalue weighted by atomic mass is 16.5. The van der Waals surface area contributed by atoms with Crippen molar-refractivity contribution in [2.24, 2.45) is 11.3 Å². The SMILES string of the molecule is C#CCN1CCC(C(=O)N[C@H](C(=O)OC)C(C)(C)C)CC1. The van der Waals surface area contributed by atoms with E-state index in [4.69, 9.17) is 11.2 Å². The molecule has 0 aromatic rings. The highest BCUT2D eigenvalue weighted by Crippen LogP contribution is 2.23. The number of likely N-dealkylation sites (tertiary alicyclic amines) is 1. The summed E-state index contributed by atoms with van der Waals surface area (Å²) in [5.74, 6) is 2.09. The van der Waals surface area contributed by atoms with Crippen LogP contribution in [0.2, 0.25) is 0 Å². The molecule has 1 atom stereocenters. The Morgan fingerprint density at radius 1 is 1.38 bits per heavy atom. The number of nitrogens with one attached hydrogen (secondary N) is 1. The van der Waals surface area contributed by atoms with Crippen LogP contribution in [0.25, 0.3) is 0 Å². The molecular formula is C16H26N2O3. The lowest BCUT2D eigenvalue weighted by atomic mass is 9.85. The minimum atomic E-state index is -0.626. The van der Waals surface area contributed by atoms with Gasteiger partial charge < -0.3 is 10.1 Å². The van der Waals surface area contributed by atoms with Gasteiger partial charge in [-0.1, -0.05) is 26.7 Å². The fraction of sp³-hybridized carbons (Fsp3) is 0.750. The molecule has 1 saturated heterocycles. The second-order valence-corrected chi connectivity index (χ2v) is 6.59. The number of carbonyl (C=O) groups is 2. The minimum absolute atomic E-state index is 0.0615. The van der Waals surface area contributed by atoms with Crippen molar-refractivity contribution in [3.63, 3.8) is 0 Å². The summed E-state index contributed by atoms with van der Waals surface area (Å²) in [4.78, 5) is 26.4. The van der Waals surface area contributed by atoms with E-state index < -0.39 is 12.0 Å². The van der Waals surface area contributed by atoms with E-state index in [0.717, 1.165) is 25.9 Å². The summed E-state index contributed by atoms with van der Waals surface area (Å²) in [7, 11) is 1.34. The number of ether oxygens (including phenoxy) is 1. The van der Waals surface area contributed by atoms with Gasteiger partial charge in [0.2, 0.25) is 5.91 Å². The van der Waals surface area contributed by atoms with Gasteiger partial charge in [-0.25, -0.2) is 4.79 Å². The van der Waals surface area contributed by atoms with Crippen LogP contribution in [-0.2, 0) is 14.3 Å². The van der Waals surface area contributed by atoms with Crippen LogP contribution in [0.5, 0.6) is 0 Å². The number of hydrogen-bond acceptors (Lipinski definition) is 4. The Bertz CT molecular complexity index is 412. The molecule has 0 aromatic heterocycles. The van der Waals surface area contributed by atoms with Crippen molar-refractivity contribution in [2.75, 3.05) is 26.7 Å². The standard InChI is InChI=1S/C16H26N2O3/c1-6-9-18-10-7-12(8-11-18)14(19)17-13(15(20)21-5)16(2,3)4/h1,12-13H,7-11H2,2-5H3,(H,17,19)/t13-/m1/s1. The first-order chi connectivity index (χ1) is 9.79. The van der Waals surface area contributed by atoms with Crippen LogP contribution in [0.15, 0.2) is 0 Å². The largest absolute Gasteiger partial charge is 0.467 e. The molecular weight excluding hydrogens is 268 g/mol. The van der Waals surface area contributed by atoms with Gasteiger partial charge >= 0.3 is 5.97 Å². The van der Waals surface area contributed by atoms with E-state index in [9.17, 15) is 9.59 Å². The number of piperidine rings is 1. The number of amides is 1. The number of rotatable bonds is 4. The molecule has 5 nitrogen and oxygen atoms in total. The highest BCUT2D eigenvalue weighted by molar-refractivity contribution is 5.86. The first kappa shape index (κ1) is 17.5. The maximum Gasteiger partial charge on any atom is 0.328 e. The Morgan fingerprint density at radius 2 is 1.95 bits per heavy atom. The van der Waals surface area contributed by atoms with Gasteiger partial charge in [0.15, 0.2) is 0 Å². The van der Waals surface area contributed by atoms with Gasteiger partial charge in [-0.3, -0.25) is 9.69 Å². The van der Waals surface area contributed by atoms with Crippen molar-refractivity contribution in [3.8, 4) is 12.3 Å². The summed E-state index contributed by atoms with van der Waals surface area (Å²) in [6, 6.07) is -0.626. The lowest BCUT2D eigenvalue weighted by molar-refractivity contribution is -0.149. The van der Waals surface area contributed by atoms with Crippen LogP contribution in [0, 0.1) is 23.7 Å². The van der Waals surface area contributed by atoms with Crippen LogP contribution in [0.4, 0.5) is 0 Å². The monoisotopic (exact) mass is 294 g/mol.